The molecule has 0 saturated carbocycles. The number of rotatable bonds is 5. The fourth-order valence-corrected chi connectivity index (χ4v) is 2.56. The van der Waals surface area contributed by atoms with E-state index < -0.39 is 0 Å². The first-order valence-electron chi connectivity index (χ1n) is 7.24. The molecule has 0 aromatic heterocycles. The van der Waals surface area contributed by atoms with Gasteiger partial charge < -0.3 is 9.80 Å². The monoisotopic (exact) mass is 286 g/mol. The fraction of sp³-hybridized carbons (Fsp3) is 0.857. The normalized spacial score (nSPS) is 16.3. The zero-order valence-corrected chi connectivity index (χ0v) is 13.0. The number of carbonyl (C=O) groups is 2. The van der Waals surface area contributed by atoms with Crippen molar-refractivity contribution in [2.45, 2.75) is 52.0 Å². The summed E-state index contributed by atoms with van der Waals surface area (Å²) in [7, 11) is 0. The summed E-state index contributed by atoms with van der Waals surface area (Å²) in [5.41, 5.74) is 0. The van der Waals surface area contributed by atoms with Crippen LogP contribution in [0.15, 0.2) is 0 Å². The lowest BCUT2D eigenvalue weighted by Crippen LogP contribution is -2.46. The van der Waals surface area contributed by atoms with Crippen molar-refractivity contribution in [3.8, 4) is 0 Å². The van der Waals surface area contributed by atoms with Gasteiger partial charge in [0.15, 0.2) is 0 Å². The molecule has 1 saturated heterocycles. The van der Waals surface area contributed by atoms with Crippen molar-refractivity contribution in [3.63, 3.8) is 0 Å². The Kier molecular flexibility index (Phi) is 7.28. The fourth-order valence-electron chi connectivity index (χ4n) is 2.36. The molecule has 1 aliphatic rings. The summed E-state index contributed by atoms with van der Waals surface area (Å²) in [5.74, 6) is 0.635. The van der Waals surface area contributed by atoms with E-state index in [2.05, 4.69) is 12.6 Å². The maximum atomic E-state index is 12.3. The molecule has 1 heterocycles. The summed E-state index contributed by atoms with van der Waals surface area (Å²) < 4.78 is 0. The molecule has 0 unspecified atom stereocenters. The second kappa shape index (κ2) is 8.46. The summed E-state index contributed by atoms with van der Waals surface area (Å²) in [6.07, 6.45) is 4.97. The van der Waals surface area contributed by atoms with Crippen LogP contribution in [0.1, 0.15) is 46.0 Å². The van der Waals surface area contributed by atoms with Gasteiger partial charge in [-0.25, -0.2) is 0 Å². The van der Waals surface area contributed by atoms with E-state index in [0.29, 0.717) is 12.2 Å². The third-order valence-electron chi connectivity index (χ3n) is 3.53. The minimum atomic E-state index is 0.0215. The van der Waals surface area contributed by atoms with Crippen LogP contribution in [0.4, 0.5) is 0 Å². The van der Waals surface area contributed by atoms with E-state index in [1.165, 1.54) is 12.8 Å². The molecule has 2 amide bonds. The van der Waals surface area contributed by atoms with Gasteiger partial charge in [-0.15, -0.1) is 0 Å². The molecule has 0 aromatic carbocycles. The number of nitrogens with zero attached hydrogens (tertiary/aromatic N) is 2. The molecule has 110 valence electrons. The van der Waals surface area contributed by atoms with Crippen LogP contribution in [0.5, 0.6) is 0 Å². The Bertz CT molecular complexity index is 300. The quantitative estimate of drug-likeness (QED) is 0.785. The van der Waals surface area contributed by atoms with Crippen molar-refractivity contribution in [1.29, 1.82) is 0 Å². The second-order valence-corrected chi connectivity index (χ2v) is 5.83. The summed E-state index contributed by atoms with van der Waals surface area (Å²) in [5, 5.41) is 0. The van der Waals surface area contributed by atoms with Crippen molar-refractivity contribution < 1.29 is 9.59 Å². The van der Waals surface area contributed by atoms with Gasteiger partial charge in [0.2, 0.25) is 11.8 Å². The van der Waals surface area contributed by atoms with Crippen LogP contribution in [0.25, 0.3) is 0 Å². The van der Waals surface area contributed by atoms with Crippen LogP contribution >= 0.6 is 12.6 Å². The molecule has 1 fully saturated rings. The van der Waals surface area contributed by atoms with Gasteiger partial charge in [-0.3, -0.25) is 9.59 Å². The summed E-state index contributed by atoms with van der Waals surface area (Å²) in [6.45, 7) is 5.79. The molecule has 4 nitrogen and oxygen atoms in total. The smallest absolute Gasteiger partial charge is 0.242 e. The second-order valence-electron chi connectivity index (χ2n) is 5.38. The number of thiol groups is 1. The molecule has 0 radical (unpaired) electrons. The Morgan fingerprint density at radius 3 is 2.21 bits per heavy atom. The highest BCUT2D eigenvalue weighted by Crippen LogP contribution is 2.11. The highest BCUT2D eigenvalue weighted by molar-refractivity contribution is 7.80. The van der Waals surface area contributed by atoms with Gasteiger partial charge in [-0.2, -0.15) is 12.6 Å². The van der Waals surface area contributed by atoms with Gasteiger partial charge in [-0.1, -0.05) is 12.8 Å². The van der Waals surface area contributed by atoms with Crippen molar-refractivity contribution in [2.24, 2.45) is 0 Å². The lowest BCUT2D eigenvalue weighted by Gasteiger charge is -2.29. The molecule has 0 aromatic rings. The summed E-state index contributed by atoms with van der Waals surface area (Å²) >= 11 is 4.09. The molecular weight excluding hydrogens is 260 g/mol. The van der Waals surface area contributed by atoms with Crippen LogP contribution in [-0.2, 0) is 9.59 Å². The van der Waals surface area contributed by atoms with Gasteiger partial charge in [0.05, 0.1) is 6.54 Å². The van der Waals surface area contributed by atoms with E-state index in [-0.39, 0.29) is 24.4 Å². The largest absolute Gasteiger partial charge is 0.341 e. The Hall–Kier alpha value is -0.710. The molecule has 0 aliphatic carbocycles. The molecule has 0 atom stereocenters. The summed E-state index contributed by atoms with van der Waals surface area (Å²) in [4.78, 5) is 27.8. The molecule has 5 heteroatoms. The Balaban J connectivity index is 2.57. The van der Waals surface area contributed by atoms with Crippen LogP contribution in [0, 0.1) is 0 Å². The molecule has 1 rings (SSSR count). The number of carbonyl (C=O) groups excluding carboxylic acids is 2. The molecular formula is C14H26N2O2S. The first-order valence-corrected chi connectivity index (χ1v) is 7.87. The predicted octanol–water partition coefficient (Wildman–Crippen LogP) is 1.95. The SMILES string of the molecule is CC(C)N(CC(=O)N1CCCCCC1)C(=O)CCS. The zero-order chi connectivity index (χ0) is 14.3. The molecule has 0 spiro atoms. The molecule has 0 bridgehead atoms. The lowest BCUT2D eigenvalue weighted by atomic mass is 10.2. The van der Waals surface area contributed by atoms with E-state index >= 15 is 0 Å². The van der Waals surface area contributed by atoms with Crippen molar-refractivity contribution in [1.82, 2.24) is 9.80 Å². The van der Waals surface area contributed by atoms with Crippen LogP contribution in [0.2, 0.25) is 0 Å². The highest BCUT2D eigenvalue weighted by atomic mass is 32.1. The Morgan fingerprint density at radius 2 is 1.74 bits per heavy atom. The Labute approximate surface area is 121 Å². The number of hydrogen-bond acceptors (Lipinski definition) is 3. The first kappa shape index (κ1) is 16.3. The van der Waals surface area contributed by atoms with E-state index in [4.69, 9.17) is 0 Å². The average molecular weight is 286 g/mol. The molecule has 19 heavy (non-hydrogen) atoms. The van der Waals surface area contributed by atoms with Gasteiger partial charge in [-0.05, 0) is 32.4 Å². The minimum absolute atomic E-state index is 0.0215. The molecule has 0 N–H and O–H groups in total. The lowest BCUT2D eigenvalue weighted by molar-refractivity contribution is -0.141. The van der Waals surface area contributed by atoms with Crippen molar-refractivity contribution in [2.75, 3.05) is 25.4 Å². The predicted molar refractivity (Wildman–Crippen MR) is 80.4 cm³/mol. The van der Waals surface area contributed by atoms with Crippen LogP contribution < -0.4 is 0 Å². The first-order chi connectivity index (χ1) is 9.06. The number of hydrogen-bond donors (Lipinski definition) is 1. The highest BCUT2D eigenvalue weighted by Gasteiger charge is 2.23. The molecule has 1 aliphatic heterocycles. The Morgan fingerprint density at radius 1 is 1.16 bits per heavy atom. The van der Waals surface area contributed by atoms with Crippen LogP contribution in [0.3, 0.4) is 0 Å². The topological polar surface area (TPSA) is 40.6 Å². The van der Waals surface area contributed by atoms with E-state index in [1.54, 1.807) is 4.90 Å². The average Bonchev–Trinajstić information content (AvgIpc) is 2.64. The van der Waals surface area contributed by atoms with Crippen molar-refractivity contribution in [3.05, 3.63) is 0 Å². The third kappa shape index (κ3) is 5.43. The zero-order valence-electron chi connectivity index (χ0n) is 12.1. The standard InChI is InChI=1S/C14H26N2O2S/c1-12(2)16(13(17)7-10-19)11-14(18)15-8-5-3-4-6-9-15/h12,19H,3-11H2,1-2H3. The van der Waals surface area contributed by atoms with Gasteiger partial charge in [0, 0.05) is 25.6 Å². The minimum Gasteiger partial charge on any atom is -0.341 e. The van der Waals surface area contributed by atoms with Crippen molar-refractivity contribution >= 4 is 24.4 Å². The van der Waals surface area contributed by atoms with Gasteiger partial charge in [0.1, 0.15) is 0 Å². The van der Waals surface area contributed by atoms with E-state index in [9.17, 15) is 9.59 Å². The van der Waals surface area contributed by atoms with Gasteiger partial charge >= 0.3 is 0 Å². The number of amides is 2. The van der Waals surface area contributed by atoms with E-state index in [1.807, 2.05) is 18.7 Å². The maximum absolute atomic E-state index is 12.3. The van der Waals surface area contributed by atoms with Crippen LogP contribution in [-0.4, -0.2) is 53.0 Å². The van der Waals surface area contributed by atoms with E-state index in [0.717, 1.165) is 25.9 Å². The third-order valence-corrected chi connectivity index (χ3v) is 3.76. The van der Waals surface area contributed by atoms with Gasteiger partial charge in [0.25, 0.3) is 0 Å². The summed E-state index contributed by atoms with van der Waals surface area (Å²) in [6, 6.07) is 0.0586. The number of likely N-dealkylation sites (tertiary alicyclic amines) is 1. The maximum Gasteiger partial charge on any atom is 0.242 e.